The zero-order valence-electron chi connectivity index (χ0n) is 15.7. The standard InChI is InChI=1S/C14H16O5.C4H6N2OS2/c1-17-11-8-10(6-4-5-7-13(15)16)9-12(18-2)14(11)19-3;5-3(7)6-1-2-9-4(6)8/h4-9H,1-3H3,(H,15,16);1-2H2,(H2,5,7). The smallest absolute Gasteiger partial charge is 0.328 e. The lowest BCUT2D eigenvalue weighted by Crippen LogP contribution is -2.35. The molecule has 1 fully saturated rings. The number of methoxy groups -OCH3 is 3. The van der Waals surface area contributed by atoms with Gasteiger partial charge in [0.2, 0.25) is 5.75 Å². The van der Waals surface area contributed by atoms with Crippen molar-refractivity contribution >= 4 is 46.4 Å². The molecule has 1 aliphatic rings. The van der Waals surface area contributed by atoms with Crippen LogP contribution in [0.4, 0.5) is 4.79 Å². The number of thiocarbonyl (C=S) groups is 1. The molecule has 10 heteroatoms. The average Bonchev–Trinajstić information content (AvgIpc) is 3.11. The van der Waals surface area contributed by atoms with Crippen LogP contribution in [0.3, 0.4) is 0 Å². The van der Waals surface area contributed by atoms with Crippen LogP contribution in [-0.2, 0) is 4.79 Å². The third kappa shape index (κ3) is 7.12. The number of nitrogens with two attached hydrogens (primary N) is 1. The first-order valence-electron chi connectivity index (χ1n) is 7.95. The Morgan fingerprint density at radius 3 is 2.14 bits per heavy atom. The number of carbonyl (C=O) groups is 2. The molecule has 1 aromatic carbocycles. The maximum Gasteiger partial charge on any atom is 0.328 e. The van der Waals surface area contributed by atoms with E-state index >= 15 is 0 Å². The first kappa shape index (κ1) is 23.3. The van der Waals surface area contributed by atoms with Crippen molar-refractivity contribution in [2.24, 2.45) is 5.73 Å². The summed E-state index contributed by atoms with van der Waals surface area (Å²) in [6, 6.07) is 3.10. The van der Waals surface area contributed by atoms with Crippen LogP contribution in [0.1, 0.15) is 5.56 Å². The highest BCUT2D eigenvalue weighted by molar-refractivity contribution is 8.23. The number of nitrogens with zero attached hydrogens (tertiary/aromatic N) is 1. The molecule has 8 nitrogen and oxygen atoms in total. The van der Waals surface area contributed by atoms with E-state index in [2.05, 4.69) is 0 Å². The van der Waals surface area contributed by atoms with Crippen LogP contribution >= 0.6 is 24.0 Å². The van der Waals surface area contributed by atoms with E-state index in [4.69, 9.17) is 37.3 Å². The highest BCUT2D eigenvalue weighted by Crippen LogP contribution is 2.38. The summed E-state index contributed by atoms with van der Waals surface area (Å²) < 4.78 is 16.2. The number of hydrogen-bond acceptors (Lipinski definition) is 7. The molecule has 0 aromatic heterocycles. The molecule has 0 bridgehead atoms. The summed E-state index contributed by atoms with van der Waals surface area (Å²) in [5.74, 6) is 1.49. The van der Waals surface area contributed by atoms with Crippen molar-refractivity contribution in [2.45, 2.75) is 0 Å². The zero-order chi connectivity index (χ0) is 21.1. The molecule has 1 saturated heterocycles. The number of benzene rings is 1. The summed E-state index contributed by atoms with van der Waals surface area (Å²) in [5, 5.41) is 8.47. The molecule has 1 aliphatic heterocycles. The lowest BCUT2D eigenvalue weighted by molar-refractivity contribution is -0.131. The molecule has 0 atom stereocenters. The van der Waals surface area contributed by atoms with Gasteiger partial charge in [0.1, 0.15) is 4.32 Å². The first-order chi connectivity index (χ1) is 13.3. The molecule has 3 N–H and O–H groups in total. The van der Waals surface area contributed by atoms with E-state index in [-0.39, 0.29) is 0 Å². The largest absolute Gasteiger partial charge is 0.493 e. The van der Waals surface area contributed by atoms with Crippen LogP contribution < -0.4 is 19.9 Å². The van der Waals surface area contributed by atoms with Crippen molar-refractivity contribution in [3.63, 3.8) is 0 Å². The van der Waals surface area contributed by atoms with E-state index < -0.39 is 12.0 Å². The van der Waals surface area contributed by atoms with Crippen LogP contribution in [0.5, 0.6) is 17.2 Å². The van der Waals surface area contributed by atoms with Crippen molar-refractivity contribution in [1.29, 1.82) is 0 Å². The van der Waals surface area contributed by atoms with Gasteiger partial charge in [0.15, 0.2) is 11.5 Å². The number of amides is 2. The summed E-state index contributed by atoms with van der Waals surface area (Å²) >= 11 is 6.29. The molecular formula is C18H22N2O6S2. The number of carbonyl (C=O) groups excluding carboxylic acids is 1. The van der Waals surface area contributed by atoms with Crippen molar-refractivity contribution in [2.75, 3.05) is 33.6 Å². The number of hydrogen-bond donors (Lipinski definition) is 2. The molecule has 0 aliphatic carbocycles. The van der Waals surface area contributed by atoms with Gasteiger partial charge in [0, 0.05) is 18.4 Å². The maximum absolute atomic E-state index is 10.5. The highest BCUT2D eigenvalue weighted by Gasteiger charge is 2.21. The molecule has 0 unspecified atom stereocenters. The molecule has 1 heterocycles. The van der Waals surface area contributed by atoms with Gasteiger partial charge in [-0.15, -0.1) is 0 Å². The van der Waals surface area contributed by atoms with E-state index in [0.29, 0.717) is 28.1 Å². The van der Waals surface area contributed by atoms with Gasteiger partial charge in [-0.1, -0.05) is 42.2 Å². The van der Waals surface area contributed by atoms with E-state index in [0.717, 1.165) is 17.4 Å². The fourth-order valence-corrected chi connectivity index (χ4v) is 3.31. The number of primary amides is 1. The van der Waals surface area contributed by atoms with Gasteiger partial charge in [-0.3, -0.25) is 4.90 Å². The van der Waals surface area contributed by atoms with E-state index in [1.165, 1.54) is 44.1 Å². The van der Waals surface area contributed by atoms with Crippen molar-refractivity contribution < 1.29 is 28.9 Å². The molecule has 28 heavy (non-hydrogen) atoms. The Kier molecular flexibility index (Phi) is 9.89. The average molecular weight is 427 g/mol. The monoisotopic (exact) mass is 426 g/mol. The number of urea groups is 1. The minimum atomic E-state index is -0.991. The summed E-state index contributed by atoms with van der Waals surface area (Å²) in [4.78, 5) is 22.2. The maximum atomic E-state index is 10.5. The van der Waals surface area contributed by atoms with Crippen LogP contribution in [0.25, 0.3) is 6.08 Å². The number of carboxylic acids is 1. The summed E-state index contributed by atoms with van der Waals surface area (Å²) in [6.07, 6.45) is 5.85. The molecule has 1 aromatic rings. The van der Waals surface area contributed by atoms with Crippen LogP contribution in [0.15, 0.2) is 30.4 Å². The molecule has 2 rings (SSSR count). The van der Waals surface area contributed by atoms with Crippen molar-refractivity contribution in [3.05, 3.63) is 35.9 Å². The number of aliphatic carboxylic acids is 1. The first-order valence-corrected chi connectivity index (χ1v) is 9.34. The third-order valence-electron chi connectivity index (χ3n) is 3.35. The fourth-order valence-electron chi connectivity index (χ4n) is 2.10. The normalized spacial score (nSPS) is 13.4. The van der Waals surface area contributed by atoms with Gasteiger partial charge in [-0.25, -0.2) is 9.59 Å². The molecule has 2 amide bonds. The van der Waals surface area contributed by atoms with Crippen molar-refractivity contribution in [3.8, 4) is 17.2 Å². The number of carboxylic acid groups (broad SMARTS) is 1. The molecule has 152 valence electrons. The van der Waals surface area contributed by atoms with E-state index in [1.54, 1.807) is 24.3 Å². The molecular weight excluding hydrogens is 404 g/mol. The number of ether oxygens (including phenoxy) is 3. The Morgan fingerprint density at radius 1 is 1.18 bits per heavy atom. The molecule has 0 saturated carbocycles. The van der Waals surface area contributed by atoms with Gasteiger partial charge < -0.3 is 25.1 Å². The topological polar surface area (TPSA) is 111 Å². The second kappa shape index (κ2) is 11.9. The van der Waals surface area contributed by atoms with Gasteiger partial charge >= 0.3 is 12.0 Å². The lowest BCUT2D eigenvalue weighted by atomic mass is 10.1. The van der Waals surface area contributed by atoms with E-state index in [1.807, 2.05) is 0 Å². The predicted octanol–water partition coefficient (Wildman–Crippen LogP) is 2.77. The Bertz CT molecular complexity index is 754. The fraction of sp³-hybridized carbons (Fsp3) is 0.278. The zero-order valence-corrected chi connectivity index (χ0v) is 17.3. The summed E-state index contributed by atoms with van der Waals surface area (Å²) in [5.41, 5.74) is 5.78. The predicted molar refractivity (Wildman–Crippen MR) is 113 cm³/mol. The van der Waals surface area contributed by atoms with Gasteiger partial charge in [-0.2, -0.15) is 0 Å². The quantitative estimate of drug-likeness (QED) is 0.406. The second-order valence-electron chi connectivity index (χ2n) is 5.12. The summed E-state index contributed by atoms with van der Waals surface area (Å²) in [6.45, 7) is 0.666. The van der Waals surface area contributed by atoms with Crippen LogP contribution in [0, 0.1) is 0 Å². The number of allylic oxidation sites excluding steroid dienone is 2. The third-order valence-corrected chi connectivity index (χ3v) is 4.78. The van der Waals surface area contributed by atoms with Crippen molar-refractivity contribution in [1.82, 2.24) is 4.90 Å². The van der Waals surface area contributed by atoms with E-state index in [9.17, 15) is 9.59 Å². The molecule has 0 spiro atoms. The Labute approximate surface area is 172 Å². The van der Waals surface area contributed by atoms with Crippen LogP contribution in [0.2, 0.25) is 0 Å². The SMILES string of the molecule is COc1cc(C=CC=CC(=O)O)cc(OC)c1OC.NC(=O)N1CCSC1=S. The van der Waals surface area contributed by atoms with Gasteiger partial charge in [-0.05, 0) is 17.7 Å². The number of thioether (sulfide) groups is 1. The Hall–Kier alpha value is -2.72. The molecule has 0 radical (unpaired) electrons. The Morgan fingerprint density at radius 2 is 1.79 bits per heavy atom. The minimum Gasteiger partial charge on any atom is -0.493 e. The number of rotatable bonds is 6. The van der Waals surface area contributed by atoms with Crippen LogP contribution in [-0.4, -0.2) is 60.0 Å². The highest BCUT2D eigenvalue weighted by atomic mass is 32.2. The Balaban J connectivity index is 0.000000362. The van der Waals surface area contributed by atoms with Gasteiger partial charge in [0.25, 0.3) is 0 Å². The lowest BCUT2D eigenvalue weighted by Gasteiger charge is -2.12. The minimum absolute atomic E-state index is 0.440. The second-order valence-corrected chi connectivity index (χ2v) is 6.85. The summed E-state index contributed by atoms with van der Waals surface area (Å²) in [7, 11) is 4.61. The van der Waals surface area contributed by atoms with Gasteiger partial charge in [0.05, 0.1) is 21.3 Å².